The molecular formula is C17H28O2. The van der Waals surface area contributed by atoms with Crippen LogP contribution in [0.5, 0.6) is 0 Å². The van der Waals surface area contributed by atoms with Crippen LogP contribution < -0.4 is 0 Å². The SMILES string of the molecule is OC(C1CC=CCC1)C1CCOC2(CCCCC2)C1. The maximum absolute atomic E-state index is 10.7. The van der Waals surface area contributed by atoms with Crippen molar-refractivity contribution in [3.8, 4) is 0 Å². The summed E-state index contributed by atoms with van der Waals surface area (Å²) in [5.74, 6) is 0.970. The molecular weight excluding hydrogens is 236 g/mol. The van der Waals surface area contributed by atoms with Crippen LogP contribution in [0.2, 0.25) is 0 Å². The normalized spacial score (nSPS) is 36.3. The maximum atomic E-state index is 10.7. The van der Waals surface area contributed by atoms with Crippen molar-refractivity contribution in [3.05, 3.63) is 12.2 Å². The van der Waals surface area contributed by atoms with Crippen molar-refractivity contribution in [2.45, 2.75) is 75.9 Å². The Morgan fingerprint density at radius 3 is 2.63 bits per heavy atom. The molecule has 3 unspecified atom stereocenters. The molecule has 3 atom stereocenters. The lowest BCUT2D eigenvalue weighted by atomic mass is 9.71. The first-order valence-electron chi connectivity index (χ1n) is 8.26. The lowest BCUT2D eigenvalue weighted by molar-refractivity contribution is -0.139. The first-order chi connectivity index (χ1) is 9.29. The molecule has 1 aliphatic heterocycles. The maximum Gasteiger partial charge on any atom is 0.0686 e. The summed E-state index contributed by atoms with van der Waals surface area (Å²) in [5.41, 5.74) is 0.132. The highest BCUT2D eigenvalue weighted by molar-refractivity contribution is 4.97. The summed E-state index contributed by atoms with van der Waals surface area (Å²) in [5, 5.41) is 10.7. The minimum absolute atomic E-state index is 0.104. The van der Waals surface area contributed by atoms with Crippen LogP contribution in [0.4, 0.5) is 0 Å². The zero-order valence-corrected chi connectivity index (χ0v) is 12.0. The molecule has 2 fully saturated rings. The summed E-state index contributed by atoms with van der Waals surface area (Å²) in [7, 11) is 0. The number of aliphatic hydroxyl groups is 1. The smallest absolute Gasteiger partial charge is 0.0686 e. The van der Waals surface area contributed by atoms with E-state index in [1.807, 2.05) is 0 Å². The Balaban J connectivity index is 1.62. The molecule has 1 spiro atoms. The highest BCUT2D eigenvalue weighted by atomic mass is 16.5. The van der Waals surface area contributed by atoms with Crippen LogP contribution in [-0.2, 0) is 4.74 Å². The van der Waals surface area contributed by atoms with Crippen molar-refractivity contribution in [1.29, 1.82) is 0 Å². The molecule has 0 aromatic heterocycles. The molecule has 3 aliphatic rings. The molecule has 1 saturated carbocycles. The van der Waals surface area contributed by atoms with Crippen molar-refractivity contribution in [3.63, 3.8) is 0 Å². The predicted octanol–water partition coefficient (Wildman–Crippen LogP) is 3.83. The van der Waals surface area contributed by atoms with Gasteiger partial charge in [-0.1, -0.05) is 31.4 Å². The Morgan fingerprint density at radius 2 is 1.89 bits per heavy atom. The third kappa shape index (κ3) is 3.05. The third-order valence-corrected chi connectivity index (χ3v) is 5.57. The molecule has 0 bridgehead atoms. The Labute approximate surface area is 117 Å². The molecule has 0 amide bonds. The van der Waals surface area contributed by atoms with Gasteiger partial charge in [-0.3, -0.25) is 0 Å². The van der Waals surface area contributed by atoms with Crippen molar-refractivity contribution < 1.29 is 9.84 Å². The van der Waals surface area contributed by atoms with E-state index in [0.29, 0.717) is 11.8 Å². The van der Waals surface area contributed by atoms with Crippen LogP contribution in [0.15, 0.2) is 12.2 Å². The molecule has 0 aromatic rings. The summed E-state index contributed by atoms with van der Waals surface area (Å²) in [4.78, 5) is 0. The van der Waals surface area contributed by atoms with Gasteiger partial charge in [0.05, 0.1) is 11.7 Å². The van der Waals surface area contributed by atoms with E-state index < -0.39 is 0 Å². The lowest BCUT2D eigenvalue weighted by Crippen LogP contribution is -2.45. The fourth-order valence-corrected chi connectivity index (χ4v) is 4.41. The van der Waals surface area contributed by atoms with E-state index in [4.69, 9.17) is 4.74 Å². The van der Waals surface area contributed by atoms with Crippen LogP contribution in [0, 0.1) is 11.8 Å². The predicted molar refractivity (Wildman–Crippen MR) is 77.0 cm³/mol. The van der Waals surface area contributed by atoms with Gasteiger partial charge in [0.15, 0.2) is 0 Å². The van der Waals surface area contributed by atoms with Gasteiger partial charge in [0.2, 0.25) is 0 Å². The summed E-state index contributed by atoms with van der Waals surface area (Å²) in [6.45, 7) is 0.865. The molecule has 19 heavy (non-hydrogen) atoms. The van der Waals surface area contributed by atoms with Gasteiger partial charge < -0.3 is 9.84 Å². The van der Waals surface area contributed by atoms with Crippen molar-refractivity contribution in [1.82, 2.24) is 0 Å². The number of hydrogen-bond donors (Lipinski definition) is 1. The van der Waals surface area contributed by atoms with E-state index in [9.17, 15) is 5.11 Å². The molecule has 3 rings (SSSR count). The second-order valence-electron chi connectivity index (χ2n) is 6.88. The Kier molecular flexibility index (Phi) is 4.28. The zero-order chi connectivity index (χ0) is 13.1. The largest absolute Gasteiger partial charge is 0.393 e. The Hall–Kier alpha value is -0.340. The van der Waals surface area contributed by atoms with E-state index in [0.717, 1.165) is 32.3 Å². The third-order valence-electron chi connectivity index (χ3n) is 5.57. The second-order valence-corrected chi connectivity index (χ2v) is 6.88. The van der Waals surface area contributed by atoms with E-state index in [-0.39, 0.29) is 11.7 Å². The van der Waals surface area contributed by atoms with Crippen LogP contribution in [0.3, 0.4) is 0 Å². The van der Waals surface area contributed by atoms with Gasteiger partial charge in [-0.15, -0.1) is 0 Å². The van der Waals surface area contributed by atoms with Crippen molar-refractivity contribution in [2.75, 3.05) is 6.61 Å². The summed E-state index contributed by atoms with van der Waals surface area (Å²) in [6.07, 6.45) is 16.4. The number of allylic oxidation sites excluding steroid dienone is 2. The lowest BCUT2D eigenvalue weighted by Gasteiger charge is -2.45. The first-order valence-corrected chi connectivity index (χ1v) is 8.26. The fourth-order valence-electron chi connectivity index (χ4n) is 4.41. The van der Waals surface area contributed by atoms with Gasteiger partial charge in [-0.05, 0) is 56.8 Å². The minimum Gasteiger partial charge on any atom is -0.393 e. The van der Waals surface area contributed by atoms with Gasteiger partial charge in [0.1, 0.15) is 0 Å². The average molecular weight is 264 g/mol. The zero-order valence-electron chi connectivity index (χ0n) is 12.0. The molecule has 1 saturated heterocycles. The summed E-state index contributed by atoms with van der Waals surface area (Å²) >= 11 is 0. The number of aliphatic hydroxyl groups excluding tert-OH is 1. The highest BCUT2D eigenvalue weighted by Crippen LogP contribution is 2.43. The monoisotopic (exact) mass is 264 g/mol. The molecule has 1 heterocycles. The number of ether oxygens (including phenoxy) is 1. The molecule has 108 valence electrons. The first kappa shape index (κ1) is 13.6. The quantitative estimate of drug-likeness (QED) is 0.768. The van der Waals surface area contributed by atoms with Crippen molar-refractivity contribution >= 4 is 0 Å². The molecule has 2 heteroatoms. The van der Waals surface area contributed by atoms with Gasteiger partial charge in [-0.25, -0.2) is 0 Å². The standard InChI is InChI=1S/C17H28O2/c18-16(14-7-3-1-4-8-14)15-9-12-19-17(13-15)10-5-2-6-11-17/h1,3,14-16,18H,2,4-13H2. The topological polar surface area (TPSA) is 29.5 Å². The van der Waals surface area contributed by atoms with E-state index in [1.54, 1.807) is 0 Å². The van der Waals surface area contributed by atoms with E-state index in [1.165, 1.54) is 38.5 Å². The Morgan fingerprint density at radius 1 is 1.05 bits per heavy atom. The van der Waals surface area contributed by atoms with Crippen LogP contribution in [0.25, 0.3) is 0 Å². The molecule has 1 N–H and O–H groups in total. The van der Waals surface area contributed by atoms with Crippen LogP contribution in [-0.4, -0.2) is 23.4 Å². The van der Waals surface area contributed by atoms with Gasteiger partial charge in [-0.2, -0.15) is 0 Å². The molecule has 2 nitrogen and oxygen atoms in total. The summed E-state index contributed by atoms with van der Waals surface area (Å²) in [6, 6.07) is 0. The molecule has 0 aromatic carbocycles. The number of rotatable bonds is 2. The van der Waals surface area contributed by atoms with Gasteiger partial charge in [0, 0.05) is 6.61 Å². The minimum atomic E-state index is -0.104. The molecule has 2 aliphatic carbocycles. The van der Waals surface area contributed by atoms with Crippen LogP contribution >= 0.6 is 0 Å². The van der Waals surface area contributed by atoms with E-state index in [2.05, 4.69) is 12.2 Å². The fraction of sp³-hybridized carbons (Fsp3) is 0.882. The number of hydrogen-bond acceptors (Lipinski definition) is 2. The summed E-state index contributed by atoms with van der Waals surface area (Å²) < 4.78 is 6.15. The van der Waals surface area contributed by atoms with Crippen molar-refractivity contribution in [2.24, 2.45) is 11.8 Å². The highest BCUT2D eigenvalue weighted by Gasteiger charge is 2.41. The average Bonchev–Trinajstić information content (AvgIpc) is 2.48. The van der Waals surface area contributed by atoms with Gasteiger partial charge >= 0.3 is 0 Å². The molecule has 0 radical (unpaired) electrons. The van der Waals surface area contributed by atoms with Gasteiger partial charge in [0.25, 0.3) is 0 Å². The van der Waals surface area contributed by atoms with Crippen LogP contribution in [0.1, 0.15) is 64.2 Å². The second kappa shape index (κ2) is 5.97. The van der Waals surface area contributed by atoms with E-state index >= 15 is 0 Å². The Bertz CT molecular complexity index is 312.